The fourth-order valence-corrected chi connectivity index (χ4v) is 11.4. The van der Waals surface area contributed by atoms with Crippen molar-refractivity contribution < 1.29 is 33.1 Å². The first-order valence-corrected chi connectivity index (χ1v) is 22.9. The highest BCUT2D eigenvalue weighted by atomic mass is 35.5. The number of carbonyl (C=O) groups is 5. The second-order valence-electron chi connectivity index (χ2n) is 17.7. The van der Waals surface area contributed by atoms with Crippen LogP contribution >= 0.6 is 23.2 Å². The number of ketones is 1. The predicted molar refractivity (Wildman–Crippen MR) is 243 cm³/mol. The quantitative estimate of drug-likeness (QED) is 0.0776. The molecule has 14 heteroatoms. The van der Waals surface area contributed by atoms with Gasteiger partial charge in [0.15, 0.2) is 5.78 Å². The third kappa shape index (κ3) is 7.71. The molecule has 11 nitrogen and oxygen atoms in total. The van der Waals surface area contributed by atoms with Crippen LogP contribution in [0.2, 0.25) is 10.0 Å². The lowest BCUT2D eigenvalue weighted by Crippen LogP contribution is -2.60. The van der Waals surface area contributed by atoms with Gasteiger partial charge < -0.3 is 25.6 Å². The number of allylic oxidation sites excluding steroid dienone is 1. The molecule has 1 aliphatic carbocycles. The summed E-state index contributed by atoms with van der Waals surface area (Å²) in [6.45, 7) is 5.14. The molecule has 0 bridgehead atoms. The van der Waals surface area contributed by atoms with Crippen LogP contribution in [0, 0.1) is 5.82 Å². The zero-order valence-electron chi connectivity index (χ0n) is 35.4. The van der Waals surface area contributed by atoms with Gasteiger partial charge in [0.1, 0.15) is 17.3 Å². The van der Waals surface area contributed by atoms with Crippen molar-refractivity contribution in [1.29, 1.82) is 0 Å². The van der Waals surface area contributed by atoms with Gasteiger partial charge in [0, 0.05) is 70.9 Å². The number of hydrogen-bond acceptors (Lipinski definition) is 7. The maximum Gasteiger partial charge on any atom is 0.255 e. The van der Waals surface area contributed by atoms with Gasteiger partial charge in [-0.1, -0.05) is 79.4 Å². The third-order valence-electron chi connectivity index (χ3n) is 14.0. The third-order valence-corrected chi connectivity index (χ3v) is 14.5. The minimum Gasteiger partial charge on any atom is -0.381 e. The lowest BCUT2D eigenvalue weighted by atomic mass is 9.55. The van der Waals surface area contributed by atoms with E-state index >= 15 is 4.39 Å². The number of rotatable bonds is 13. The van der Waals surface area contributed by atoms with E-state index in [0.717, 1.165) is 43.2 Å². The summed E-state index contributed by atoms with van der Waals surface area (Å²) in [5, 5.41) is 12.8. The van der Waals surface area contributed by atoms with Gasteiger partial charge in [-0.25, -0.2) is 4.39 Å². The first-order chi connectivity index (χ1) is 30.9. The van der Waals surface area contributed by atoms with Gasteiger partial charge in [-0.3, -0.25) is 29.3 Å². The van der Waals surface area contributed by atoms with Crippen LogP contribution in [0.3, 0.4) is 0 Å². The van der Waals surface area contributed by atoms with Crippen LogP contribution in [0.15, 0.2) is 91.1 Å². The molecule has 4 aromatic carbocycles. The maximum atomic E-state index is 16.2. The Bertz CT molecular complexity index is 2560. The minimum atomic E-state index is -1.35. The molecular formula is C50H50Cl2FN5O6. The topological polar surface area (TPSA) is 146 Å². The Balaban J connectivity index is 0.813. The number of anilines is 2. The van der Waals surface area contributed by atoms with Crippen molar-refractivity contribution in [3.05, 3.63) is 140 Å². The summed E-state index contributed by atoms with van der Waals surface area (Å²) in [4.78, 5) is 69.9. The average Bonchev–Trinajstić information content (AvgIpc) is 3.88. The molecule has 4 N–H and O–H groups in total. The molecule has 3 fully saturated rings. The van der Waals surface area contributed by atoms with E-state index in [1.807, 2.05) is 24.3 Å². The number of piperidine rings is 1. The molecule has 0 aromatic heterocycles. The van der Waals surface area contributed by atoms with E-state index in [1.165, 1.54) is 6.07 Å². The van der Waals surface area contributed by atoms with E-state index < -0.39 is 40.7 Å². The van der Waals surface area contributed by atoms with Gasteiger partial charge in [-0.05, 0) is 116 Å². The van der Waals surface area contributed by atoms with Gasteiger partial charge in [-0.2, -0.15) is 0 Å². The van der Waals surface area contributed by atoms with Crippen molar-refractivity contribution in [3.63, 3.8) is 0 Å². The standard InChI is InChI=1S/C50H50Cl2FN5O6/c1-29-15-22-40(45(60)54-29)58-28-36-30(9-5-11-34(36)47(58)62)10-7-25-64-26-8-14-41(59)31-16-19-33(20-17-31)55-46(61)44-42(35-12-6-13-38(52)43(35)53)50(49(57-44)23-3-2-4-24-49)37-21-18-32(51)27-39(37)56-48(50)63/h5-6,9,11-13,16-21,27,40,42,44,57H,1-4,7-8,10,14-15,22-26,28H2,(H,54,60)(H,55,61)(H,56,63)/t40?,42-,44+,50+/m0/s1. The second-order valence-corrected chi connectivity index (χ2v) is 18.5. The zero-order valence-corrected chi connectivity index (χ0v) is 36.9. The smallest absolute Gasteiger partial charge is 0.255 e. The second kappa shape index (κ2) is 17.9. The molecule has 64 heavy (non-hydrogen) atoms. The number of nitrogens with one attached hydrogen (secondary N) is 4. The average molecular weight is 907 g/mol. The number of Topliss-reactive ketones (excluding diaryl/α,β-unsaturated/α-hetero) is 1. The summed E-state index contributed by atoms with van der Waals surface area (Å²) in [5.74, 6) is -2.76. The zero-order chi connectivity index (χ0) is 44.8. The SMILES string of the molecule is C=C1CCC(N2Cc3c(CCCOCCCC(=O)c4ccc(NC(=O)[C@@H]5NC6(CCCCC6)[C@@]6(C(=O)Nc7cc(Cl)ccc76)[C@H]5c5cccc(Cl)c5F)cc4)cccc3C2=O)C(=O)N1. The van der Waals surface area contributed by atoms with Crippen LogP contribution in [-0.2, 0) is 37.5 Å². The lowest BCUT2D eigenvalue weighted by molar-refractivity contribution is -0.126. The molecule has 4 aliphatic heterocycles. The number of fused-ring (bicyclic) bond motifs is 4. The molecule has 332 valence electrons. The van der Waals surface area contributed by atoms with Crippen molar-refractivity contribution in [2.75, 3.05) is 23.8 Å². The maximum absolute atomic E-state index is 16.2. The summed E-state index contributed by atoms with van der Waals surface area (Å²) in [6, 6.07) is 20.8. The van der Waals surface area contributed by atoms with Crippen molar-refractivity contribution >= 4 is 64.0 Å². The van der Waals surface area contributed by atoms with E-state index in [1.54, 1.807) is 53.4 Å². The van der Waals surface area contributed by atoms with Crippen LogP contribution in [0.5, 0.6) is 0 Å². The van der Waals surface area contributed by atoms with Gasteiger partial charge in [-0.15, -0.1) is 0 Å². The van der Waals surface area contributed by atoms with Crippen molar-refractivity contribution in [2.45, 2.75) is 106 Å². The highest BCUT2D eigenvalue weighted by Gasteiger charge is 2.72. The molecule has 2 saturated heterocycles. The Hall–Kier alpha value is -5.40. The fraction of sp³-hybridized carbons (Fsp3) is 0.380. The summed E-state index contributed by atoms with van der Waals surface area (Å²) in [5.41, 5.74) is 3.47. The molecule has 4 heterocycles. The van der Waals surface area contributed by atoms with Crippen molar-refractivity contribution in [3.8, 4) is 0 Å². The summed E-state index contributed by atoms with van der Waals surface area (Å²) >= 11 is 12.8. The number of aryl methyl sites for hydroxylation is 1. The number of ether oxygens (including phenoxy) is 1. The Morgan fingerprint density at radius 3 is 2.47 bits per heavy atom. The van der Waals surface area contributed by atoms with E-state index in [9.17, 15) is 24.0 Å². The molecule has 5 aliphatic rings. The largest absolute Gasteiger partial charge is 0.381 e. The number of nitrogens with zero attached hydrogens (tertiary/aromatic N) is 1. The summed E-state index contributed by atoms with van der Waals surface area (Å²) in [7, 11) is 0. The predicted octanol–water partition coefficient (Wildman–Crippen LogP) is 8.78. The molecule has 9 rings (SSSR count). The van der Waals surface area contributed by atoms with Gasteiger partial charge in [0.25, 0.3) is 5.91 Å². The first-order valence-electron chi connectivity index (χ1n) is 22.2. The number of hydrogen-bond donors (Lipinski definition) is 4. The number of carbonyl (C=O) groups excluding carboxylic acids is 5. The van der Waals surface area contributed by atoms with Gasteiger partial charge in [0.2, 0.25) is 17.7 Å². The summed E-state index contributed by atoms with van der Waals surface area (Å²) < 4.78 is 22.1. The molecular weight excluding hydrogens is 856 g/mol. The monoisotopic (exact) mass is 905 g/mol. The number of amides is 4. The minimum absolute atomic E-state index is 0.0624. The fourth-order valence-electron chi connectivity index (χ4n) is 11.1. The lowest BCUT2D eigenvalue weighted by Gasteiger charge is -2.47. The van der Waals surface area contributed by atoms with Crippen LogP contribution < -0.4 is 21.3 Å². The molecule has 4 amide bonds. The Kier molecular flexibility index (Phi) is 12.2. The normalized spacial score (nSPS) is 23.3. The number of halogens is 3. The molecule has 1 saturated carbocycles. The van der Waals surface area contributed by atoms with Crippen LogP contribution in [0.4, 0.5) is 15.8 Å². The Labute approximate surface area is 381 Å². The van der Waals surface area contributed by atoms with Crippen molar-refractivity contribution in [2.24, 2.45) is 0 Å². The van der Waals surface area contributed by atoms with E-state index in [0.29, 0.717) is 90.6 Å². The van der Waals surface area contributed by atoms with Gasteiger partial charge >= 0.3 is 0 Å². The van der Waals surface area contributed by atoms with Crippen LogP contribution in [0.1, 0.15) is 113 Å². The van der Waals surface area contributed by atoms with E-state index in [-0.39, 0.29) is 40.5 Å². The Morgan fingerprint density at radius 1 is 0.922 bits per heavy atom. The molecule has 1 unspecified atom stereocenters. The van der Waals surface area contributed by atoms with Gasteiger partial charge in [0.05, 0.1) is 11.1 Å². The van der Waals surface area contributed by atoms with Crippen LogP contribution in [0.25, 0.3) is 0 Å². The van der Waals surface area contributed by atoms with Crippen LogP contribution in [-0.4, -0.2) is 65.1 Å². The highest BCUT2D eigenvalue weighted by Crippen LogP contribution is 2.63. The van der Waals surface area contributed by atoms with Crippen molar-refractivity contribution in [1.82, 2.24) is 15.5 Å². The molecule has 4 atom stereocenters. The number of benzene rings is 4. The molecule has 2 spiro atoms. The molecule has 0 radical (unpaired) electrons. The van der Waals surface area contributed by atoms with E-state index in [2.05, 4.69) is 27.8 Å². The summed E-state index contributed by atoms with van der Waals surface area (Å²) in [6.07, 6.45) is 7.29. The van der Waals surface area contributed by atoms with E-state index in [4.69, 9.17) is 27.9 Å². The first kappa shape index (κ1) is 43.8. The molecule has 4 aromatic rings. The Morgan fingerprint density at radius 2 is 1.69 bits per heavy atom. The highest BCUT2D eigenvalue weighted by molar-refractivity contribution is 6.31.